The van der Waals surface area contributed by atoms with E-state index in [-0.39, 0.29) is 23.8 Å². The maximum absolute atomic E-state index is 12.7. The maximum atomic E-state index is 12.7. The molecule has 0 N–H and O–H groups in total. The van der Waals surface area contributed by atoms with Crippen LogP contribution in [0.1, 0.15) is 24.2 Å². The van der Waals surface area contributed by atoms with Gasteiger partial charge in [-0.3, -0.25) is 28.6 Å². The lowest BCUT2D eigenvalue weighted by Gasteiger charge is -2.34. The molecule has 0 aromatic carbocycles. The Labute approximate surface area is 186 Å². The Bertz CT molecular complexity index is 1180. The summed E-state index contributed by atoms with van der Waals surface area (Å²) in [6.45, 7) is 4.07. The standard InChI is InChI=1S/C20H22N6O3S2/c27-16-2-1-3-25(16)20-22-15(13-31-20)11-17(28)24-6-4-23(5-7-24)12-14-10-18(29)26-8-9-30-19(26)21-14/h8-10,13H,1-7,11-12H2. The second kappa shape index (κ2) is 8.48. The summed E-state index contributed by atoms with van der Waals surface area (Å²) in [6, 6.07) is 1.59. The quantitative estimate of drug-likeness (QED) is 0.571. The van der Waals surface area contributed by atoms with Crippen molar-refractivity contribution in [1.29, 1.82) is 0 Å². The molecule has 2 saturated heterocycles. The van der Waals surface area contributed by atoms with Crippen LogP contribution in [0.3, 0.4) is 0 Å². The smallest absolute Gasteiger partial charge is 0.258 e. The second-order valence-electron chi connectivity index (χ2n) is 7.75. The fraction of sp³-hybridized carbons (Fsp3) is 0.450. The molecule has 2 aliphatic rings. The van der Waals surface area contributed by atoms with Crippen LogP contribution in [0.2, 0.25) is 0 Å². The number of fused-ring (bicyclic) bond motifs is 1. The minimum atomic E-state index is -0.0617. The Kier molecular flexibility index (Phi) is 5.55. The van der Waals surface area contributed by atoms with Crippen LogP contribution in [0, 0.1) is 0 Å². The summed E-state index contributed by atoms with van der Waals surface area (Å²) in [5, 5.41) is 4.42. The van der Waals surface area contributed by atoms with E-state index in [0.717, 1.165) is 30.9 Å². The number of carbonyl (C=O) groups is 2. The number of nitrogens with zero attached hydrogens (tertiary/aromatic N) is 6. The monoisotopic (exact) mass is 458 g/mol. The number of hydrogen-bond donors (Lipinski definition) is 0. The van der Waals surface area contributed by atoms with Crippen LogP contribution in [0.4, 0.5) is 5.13 Å². The number of hydrogen-bond acceptors (Lipinski definition) is 8. The Morgan fingerprint density at radius 3 is 2.65 bits per heavy atom. The molecule has 3 aromatic rings. The van der Waals surface area contributed by atoms with E-state index in [1.807, 2.05) is 15.7 Å². The van der Waals surface area contributed by atoms with Gasteiger partial charge in [-0.2, -0.15) is 0 Å². The molecule has 2 amide bonds. The summed E-state index contributed by atoms with van der Waals surface area (Å²) < 4.78 is 1.55. The molecule has 3 aromatic heterocycles. The summed E-state index contributed by atoms with van der Waals surface area (Å²) in [7, 11) is 0. The molecule has 5 heterocycles. The van der Waals surface area contributed by atoms with E-state index in [1.165, 1.54) is 22.7 Å². The predicted octanol–water partition coefficient (Wildman–Crippen LogP) is 1.23. The molecule has 0 saturated carbocycles. The van der Waals surface area contributed by atoms with Crippen LogP contribution in [0.5, 0.6) is 0 Å². The van der Waals surface area contributed by atoms with E-state index in [1.54, 1.807) is 21.6 Å². The normalized spacial score (nSPS) is 17.7. The highest BCUT2D eigenvalue weighted by atomic mass is 32.1. The molecular weight excluding hydrogens is 436 g/mol. The number of aromatic nitrogens is 3. The van der Waals surface area contributed by atoms with E-state index in [9.17, 15) is 14.4 Å². The van der Waals surface area contributed by atoms with Crippen LogP contribution in [-0.2, 0) is 22.6 Å². The first-order valence-electron chi connectivity index (χ1n) is 10.3. The van der Waals surface area contributed by atoms with Crippen molar-refractivity contribution >= 4 is 44.6 Å². The second-order valence-corrected chi connectivity index (χ2v) is 9.45. The summed E-state index contributed by atoms with van der Waals surface area (Å²) in [5.41, 5.74) is 1.42. The Morgan fingerprint density at radius 1 is 1.03 bits per heavy atom. The Morgan fingerprint density at radius 2 is 1.87 bits per heavy atom. The SMILES string of the molecule is O=C(Cc1csc(N2CCCC2=O)n1)N1CCN(Cc2cc(=O)n3ccsc3n2)CC1. The van der Waals surface area contributed by atoms with Gasteiger partial charge in [0.05, 0.1) is 17.8 Å². The average Bonchev–Trinajstić information content (AvgIpc) is 3.49. The van der Waals surface area contributed by atoms with Gasteiger partial charge in [-0.15, -0.1) is 22.7 Å². The minimum Gasteiger partial charge on any atom is -0.340 e. The summed E-state index contributed by atoms with van der Waals surface area (Å²) >= 11 is 2.87. The van der Waals surface area contributed by atoms with E-state index in [2.05, 4.69) is 14.9 Å². The zero-order valence-electron chi connectivity index (χ0n) is 16.9. The van der Waals surface area contributed by atoms with E-state index >= 15 is 0 Å². The van der Waals surface area contributed by atoms with Crippen LogP contribution in [0.15, 0.2) is 27.8 Å². The highest BCUT2D eigenvalue weighted by Crippen LogP contribution is 2.25. The fourth-order valence-corrected chi connectivity index (χ4v) is 5.58. The van der Waals surface area contributed by atoms with E-state index in [4.69, 9.17) is 0 Å². The number of rotatable bonds is 5. The van der Waals surface area contributed by atoms with E-state index in [0.29, 0.717) is 42.7 Å². The van der Waals surface area contributed by atoms with Gasteiger partial charge in [-0.05, 0) is 6.42 Å². The summed E-state index contributed by atoms with van der Waals surface area (Å²) in [5.74, 6) is 0.166. The third kappa shape index (κ3) is 4.25. The van der Waals surface area contributed by atoms with E-state index < -0.39 is 0 Å². The molecule has 0 atom stereocenters. The number of anilines is 1. The molecule has 5 rings (SSSR count). The lowest BCUT2D eigenvalue weighted by Crippen LogP contribution is -2.48. The van der Waals surface area contributed by atoms with Crippen LogP contribution >= 0.6 is 22.7 Å². The van der Waals surface area contributed by atoms with Gasteiger partial charge in [0.2, 0.25) is 11.8 Å². The van der Waals surface area contributed by atoms with Gasteiger partial charge in [0.15, 0.2) is 10.1 Å². The Balaban J connectivity index is 1.15. The Hall–Kier alpha value is -2.63. The highest BCUT2D eigenvalue weighted by molar-refractivity contribution is 7.15. The number of thiazole rings is 2. The predicted molar refractivity (Wildman–Crippen MR) is 119 cm³/mol. The van der Waals surface area contributed by atoms with Gasteiger partial charge in [-0.25, -0.2) is 9.97 Å². The van der Waals surface area contributed by atoms with Gasteiger partial charge in [0, 0.05) is 68.7 Å². The van der Waals surface area contributed by atoms with Gasteiger partial charge < -0.3 is 4.90 Å². The molecule has 0 radical (unpaired) electrons. The highest BCUT2D eigenvalue weighted by Gasteiger charge is 2.26. The van der Waals surface area contributed by atoms with Crippen molar-refractivity contribution in [2.45, 2.75) is 25.8 Å². The van der Waals surface area contributed by atoms with Gasteiger partial charge in [-0.1, -0.05) is 0 Å². The van der Waals surface area contributed by atoms with Gasteiger partial charge in [0.1, 0.15) is 0 Å². The molecule has 9 nitrogen and oxygen atoms in total. The molecule has 2 aliphatic heterocycles. The zero-order valence-corrected chi connectivity index (χ0v) is 18.5. The molecule has 0 spiro atoms. The number of carbonyl (C=O) groups excluding carboxylic acids is 2. The van der Waals surface area contributed by atoms with Crippen molar-refractivity contribution in [3.63, 3.8) is 0 Å². The number of amides is 2. The van der Waals surface area contributed by atoms with Crippen LogP contribution in [0.25, 0.3) is 4.96 Å². The first kappa shape index (κ1) is 20.3. The van der Waals surface area contributed by atoms with Crippen molar-refractivity contribution in [3.05, 3.63) is 44.8 Å². The van der Waals surface area contributed by atoms with Crippen molar-refractivity contribution < 1.29 is 9.59 Å². The average molecular weight is 459 g/mol. The summed E-state index contributed by atoms with van der Waals surface area (Å²) in [6.07, 6.45) is 3.43. The lowest BCUT2D eigenvalue weighted by molar-refractivity contribution is -0.132. The third-order valence-electron chi connectivity index (χ3n) is 5.64. The molecule has 0 aliphatic carbocycles. The maximum Gasteiger partial charge on any atom is 0.258 e. The molecular formula is C20H22N6O3S2. The molecule has 0 bridgehead atoms. The molecule has 2 fully saturated rings. The minimum absolute atomic E-state index is 0.0561. The van der Waals surface area contributed by atoms with Crippen molar-refractivity contribution in [2.24, 2.45) is 0 Å². The van der Waals surface area contributed by atoms with Crippen LogP contribution < -0.4 is 10.5 Å². The molecule has 162 valence electrons. The lowest BCUT2D eigenvalue weighted by atomic mass is 10.2. The largest absolute Gasteiger partial charge is 0.340 e. The molecule has 31 heavy (non-hydrogen) atoms. The molecule has 11 heteroatoms. The van der Waals surface area contributed by atoms with Crippen molar-refractivity contribution in [3.8, 4) is 0 Å². The fourth-order valence-electron chi connectivity index (χ4n) is 3.97. The van der Waals surface area contributed by atoms with Crippen LogP contribution in [-0.4, -0.2) is 68.7 Å². The third-order valence-corrected chi connectivity index (χ3v) is 7.31. The van der Waals surface area contributed by atoms with Gasteiger partial charge >= 0.3 is 0 Å². The van der Waals surface area contributed by atoms with Crippen molar-refractivity contribution in [2.75, 3.05) is 37.6 Å². The first-order valence-corrected chi connectivity index (χ1v) is 12.0. The van der Waals surface area contributed by atoms with Gasteiger partial charge in [0.25, 0.3) is 5.56 Å². The van der Waals surface area contributed by atoms with Crippen molar-refractivity contribution in [1.82, 2.24) is 24.2 Å². The zero-order chi connectivity index (χ0) is 21.4. The topological polar surface area (TPSA) is 91.1 Å². The molecule has 0 unspecified atom stereocenters. The number of piperazine rings is 1. The first-order chi connectivity index (χ1) is 15.1. The summed E-state index contributed by atoms with van der Waals surface area (Å²) in [4.78, 5) is 52.3.